The van der Waals surface area contributed by atoms with Crippen molar-refractivity contribution in [3.63, 3.8) is 0 Å². The fourth-order valence-electron chi connectivity index (χ4n) is 2.67. The number of carbonyl (C=O) groups is 1. The smallest absolute Gasteiger partial charge is 0.281 e. The van der Waals surface area contributed by atoms with Crippen molar-refractivity contribution >= 4 is 39.1 Å². The van der Waals surface area contributed by atoms with Crippen LogP contribution in [0, 0.1) is 0 Å². The van der Waals surface area contributed by atoms with Crippen molar-refractivity contribution in [2.24, 2.45) is 4.99 Å². The number of ether oxygens (including phenoxy) is 1. The van der Waals surface area contributed by atoms with Crippen LogP contribution in [0.3, 0.4) is 0 Å². The fourth-order valence-corrected chi connectivity index (χ4v) is 3.96. The van der Waals surface area contributed by atoms with E-state index in [4.69, 9.17) is 16.3 Å². The molecule has 1 heterocycles. The summed E-state index contributed by atoms with van der Waals surface area (Å²) in [6, 6.07) is 12.9. The Bertz CT molecular complexity index is 975. The first-order valence-corrected chi connectivity index (χ1v) is 9.43. The highest BCUT2D eigenvalue weighted by molar-refractivity contribution is 7.16. The number of rotatable bonds is 5. The van der Waals surface area contributed by atoms with E-state index < -0.39 is 0 Å². The number of hydrogen-bond donors (Lipinski definition) is 0. The summed E-state index contributed by atoms with van der Waals surface area (Å²) in [4.78, 5) is 17.6. The van der Waals surface area contributed by atoms with Gasteiger partial charge in [0, 0.05) is 6.54 Å². The predicted molar refractivity (Wildman–Crippen MR) is 103 cm³/mol. The lowest BCUT2D eigenvalue weighted by atomic mass is 10.2. The number of halogens is 1. The van der Waals surface area contributed by atoms with Crippen LogP contribution >= 0.6 is 22.9 Å². The Kier molecular flexibility index (Phi) is 5.56. The molecule has 0 saturated carbocycles. The van der Waals surface area contributed by atoms with Gasteiger partial charge in [-0.05, 0) is 37.6 Å². The zero-order valence-corrected chi connectivity index (χ0v) is 15.7. The molecule has 0 unspecified atom stereocenters. The van der Waals surface area contributed by atoms with Crippen LogP contribution in [-0.2, 0) is 6.54 Å². The van der Waals surface area contributed by atoms with E-state index in [1.165, 1.54) is 11.3 Å². The average molecular weight is 375 g/mol. The Morgan fingerprint density at radius 2 is 2.00 bits per heavy atom. The molecule has 3 rings (SSSR count). The quantitative estimate of drug-likeness (QED) is 0.637. The monoisotopic (exact) mass is 374 g/mol. The first kappa shape index (κ1) is 17.7. The van der Waals surface area contributed by atoms with Gasteiger partial charge in [0.1, 0.15) is 11.3 Å². The molecule has 0 radical (unpaired) electrons. The minimum atomic E-state index is -0.333. The van der Waals surface area contributed by atoms with Gasteiger partial charge >= 0.3 is 0 Å². The van der Waals surface area contributed by atoms with Gasteiger partial charge in [-0.1, -0.05) is 48.1 Å². The van der Waals surface area contributed by atoms with Crippen LogP contribution in [0.15, 0.2) is 47.5 Å². The Hall–Kier alpha value is -2.11. The van der Waals surface area contributed by atoms with Crippen molar-refractivity contribution in [3.05, 3.63) is 57.9 Å². The molecule has 2 aromatic carbocycles. The topological polar surface area (TPSA) is 43.6 Å². The lowest BCUT2D eigenvalue weighted by Crippen LogP contribution is -2.17. The van der Waals surface area contributed by atoms with E-state index in [9.17, 15) is 4.79 Å². The molecule has 130 valence electrons. The second-order valence-corrected chi connectivity index (χ2v) is 6.89. The number of thiazole rings is 1. The van der Waals surface area contributed by atoms with Crippen LogP contribution < -0.4 is 9.54 Å². The second-order valence-electron chi connectivity index (χ2n) is 5.47. The van der Waals surface area contributed by atoms with Crippen molar-refractivity contribution in [1.82, 2.24) is 4.57 Å². The van der Waals surface area contributed by atoms with E-state index in [1.807, 2.05) is 25.1 Å². The van der Waals surface area contributed by atoms with Gasteiger partial charge in [0.25, 0.3) is 5.91 Å². The third-order valence-electron chi connectivity index (χ3n) is 3.71. The highest BCUT2D eigenvalue weighted by atomic mass is 35.5. The number of aryl methyl sites for hydroxylation is 1. The number of carbonyl (C=O) groups excluding carboxylic acids is 1. The number of nitrogens with zero attached hydrogens (tertiary/aromatic N) is 2. The van der Waals surface area contributed by atoms with Gasteiger partial charge in [0.05, 0.1) is 21.9 Å². The summed E-state index contributed by atoms with van der Waals surface area (Å²) in [6.07, 6.45) is 0.930. The SMILES string of the molecule is CCCn1c(=NC(=O)c2ccccc2Cl)sc2cccc(OCC)c21. The fraction of sp³-hybridized carbons (Fsp3) is 0.263. The van der Waals surface area contributed by atoms with E-state index in [-0.39, 0.29) is 5.91 Å². The third-order valence-corrected chi connectivity index (χ3v) is 5.09. The number of benzene rings is 2. The first-order chi connectivity index (χ1) is 12.2. The van der Waals surface area contributed by atoms with Crippen molar-refractivity contribution in [1.29, 1.82) is 0 Å². The molecule has 0 aliphatic heterocycles. The molecule has 0 aliphatic carbocycles. The summed E-state index contributed by atoms with van der Waals surface area (Å²) >= 11 is 7.61. The van der Waals surface area contributed by atoms with Crippen molar-refractivity contribution < 1.29 is 9.53 Å². The molecule has 1 amide bonds. The van der Waals surface area contributed by atoms with Gasteiger partial charge in [-0.3, -0.25) is 4.79 Å². The number of aromatic nitrogens is 1. The molecule has 4 nitrogen and oxygen atoms in total. The van der Waals surface area contributed by atoms with E-state index in [2.05, 4.69) is 16.5 Å². The van der Waals surface area contributed by atoms with Gasteiger partial charge in [0.2, 0.25) is 0 Å². The molecular weight excluding hydrogens is 356 g/mol. The van der Waals surface area contributed by atoms with E-state index >= 15 is 0 Å². The van der Waals surface area contributed by atoms with Gasteiger partial charge < -0.3 is 9.30 Å². The number of fused-ring (bicyclic) bond motifs is 1. The third kappa shape index (κ3) is 3.62. The maximum atomic E-state index is 12.6. The predicted octanol–water partition coefficient (Wildman–Crippen LogP) is 4.91. The summed E-state index contributed by atoms with van der Waals surface area (Å²) in [5.41, 5.74) is 1.40. The Morgan fingerprint density at radius 3 is 2.72 bits per heavy atom. The van der Waals surface area contributed by atoms with Crippen LogP contribution in [0.2, 0.25) is 5.02 Å². The largest absolute Gasteiger partial charge is 0.492 e. The molecule has 0 N–H and O–H groups in total. The molecule has 6 heteroatoms. The van der Waals surface area contributed by atoms with Crippen LogP contribution in [-0.4, -0.2) is 17.1 Å². The number of hydrogen-bond acceptors (Lipinski definition) is 3. The highest BCUT2D eigenvalue weighted by Crippen LogP contribution is 2.28. The molecule has 0 aliphatic rings. The lowest BCUT2D eigenvalue weighted by molar-refractivity contribution is 0.0998. The van der Waals surface area contributed by atoms with E-state index in [0.717, 1.165) is 28.9 Å². The zero-order chi connectivity index (χ0) is 17.8. The summed E-state index contributed by atoms with van der Waals surface area (Å²) in [7, 11) is 0. The normalized spacial score (nSPS) is 11.9. The van der Waals surface area contributed by atoms with Crippen molar-refractivity contribution in [2.75, 3.05) is 6.61 Å². The highest BCUT2D eigenvalue weighted by Gasteiger charge is 2.14. The van der Waals surface area contributed by atoms with Crippen molar-refractivity contribution in [3.8, 4) is 5.75 Å². The summed E-state index contributed by atoms with van der Waals surface area (Å²) in [6.45, 7) is 5.41. The summed E-state index contributed by atoms with van der Waals surface area (Å²) < 4.78 is 8.87. The lowest BCUT2D eigenvalue weighted by Gasteiger charge is -2.08. The van der Waals surface area contributed by atoms with Crippen LogP contribution in [0.5, 0.6) is 5.75 Å². The molecule has 0 atom stereocenters. The van der Waals surface area contributed by atoms with Crippen LogP contribution in [0.1, 0.15) is 30.6 Å². The Balaban J connectivity index is 2.18. The van der Waals surface area contributed by atoms with Gasteiger partial charge in [-0.2, -0.15) is 4.99 Å². The van der Waals surface area contributed by atoms with Gasteiger partial charge in [0.15, 0.2) is 4.80 Å². The average Bonchev–Trinajstić information content (AvgIpc) is 2.94. The molecule has 3 aromatic rings. The van der Waals surface area contributed by atoms with Gasteiger partial charge in [-0.25, -0.2) is 0 Å². The summed E-state index contributed by atoms with van der Waals surface area (Å²) in [5.74, 6) is 0.483. The molecule has 0 bridgehead atoms. The van der Waals surface area contributed by atoms with Crippen molar-refractivity contribution in [2.45, 2.75) is 26.8 Å². The minimum Gasteiger partial charge on any atom is -0.492 e. The standard InChI is InChI=1S/C19H19ClN2O2S/c1-3-12-22-17-15(24-4-2)10-7-11-16(17)25-19(22)21-18(23)13-8-5-6-9-14(13)20/h5-11H,3-4,12H2,1-2H3. The summed E-state index contributed by atoms with van der Waals surface area (Å²) in [5, 5.41) is 0.411. The minimum absolute atomic E-state index is 0.333. The second kappa shape index (κ2) is 7.85. The molecule has 25 heavy (non-hydrogen) atoms. The first-order valence-electron chi connectivity index (χ1n) is 8.24. The molecular formula is C19H19ClN2O2S. The Labute approximate surface area is 155 Å². The number of amides is 1. The van der Waals surface area contributed by atoms with Crippen LogP contribution in [0.4, 0.5) is 0 Å². The molecule has 0 saturated heterocycles. The zero-order valence-electron chi connectivity index (χ0n) is 14.2. The maximum Gasteiger partial charge on any atom is 0.281 e. The maximum absolute atomic E-state index is 12.6. The molecule has 1 aromatic heterocycles. The van der Waals surface area contributed by atoms with Crippen LogP contribution in [0.25, 0.3) is 10.2 Å². The van der Waals surface area contributed by atoms with E-state index in [0.29, 0.717) is 22.0 Å². The Morgan fingerprint density at radius 1 is 1.20 bits per heavy atom. The van der Waals surface area contributed by atoms with Gasteiger partial charge in [-0.15, -0.1) is 0 Å². The van der Waals surface area contributed by atoms with E-state index in [1.54, 1.807) is 24.3 Å². The molecule has 0 fully saturated rings. The number of para-hydroxylation sites is 1. The molecule has 0 spiro atoms.